The van der Waals surface area contributed by atoms with Crippen LogP contribution in [0.15, 0.2) is 58.3 Å². The van der Waals surface area contributed by atoms with Crippen molar-refractivity contribution < 1.29 is 9.59 Å². The summed E-state index contributed by atoms with van der Waals surface area (Å²) in [6.45, 7) is 1.48. The van der Waals surface area contributed by atoms with Gasteiger partial charge in [0, 0.05) is 28.2 Å². The summed E-state index contributed by atoms with van der Waals surface area (Å²) in [7, 11) is 0. The van der Waals surface area contributed by atoms with Gasteiger partial charge < -0.3 is 10.6 Å². The van der Waals surface area contributed by atoms with Gasteiger partial charge in [0.1, 0.15) is 0 Å². The molecule has 0 bridgehead atoms. The van der Waals surface area contributed by atoms with Crippen LogP contribution < -0.4 is 10.6 Å². The van der Waals surface area contributed by atoms with E-state index in [1.54, 1.807) is 0 Å². The van der Waals surface area contributed by atoms with Gasteiger partial charge in [0.05, 0.1) is 11.8 Å². The molecule has 25 heavy (non-hydrogen) atoms. The van der Waals surface area contributed by atoms with Crippen molar-refractivity contribution in [2.24, 2.45) is 0 Å². The molecule has 2 amide bonds. The molecule has 0 fully saturated rings. The Kier molecular flexibility index (Phi) is 6.04. The highest BCUT2D eigenvalue weighted by molar-refractivity contribution is 8.00. The van der Waals surface area contributed by atoms with E-state index in [2.05, 4.69) is 22.8 Å². The van der Waals surface area contributed by atoms with Crippen molar-refractivity contribution in [3.63, 3.8) is 0 Å². The van der Waals surface area contributed by atoms with E-state index in [0.29, 0.717) is 5.75 Å². The average Bonchev–Trinajstić information content (AvgIpc) is 2.61. The first-order valence-electron chi connectivity index (χ1n) is 8.13. The Morgan fingerprint density at radius 2 is 1.92 bits per heavy atom. The van der Waals surface area contributed by atoms with Crippen LogP contribution in [0.1, 0.15) is 24.9 Å². The molecule has 1 heterocycles. The van der Waals surface area contributed by atoms with Crippen LogP contribution in [0, 0.1) is 0 Å². The Bertz CT molecular complexity index is 762. The number of carbonyl (C=O) groups excluding carboxylic acids is 2. The molecule has 4 nitrogen and oxygen atoms in total. The maximum atomic E-state index is 12.3. The van der Waals surface area contributed by atoms with Gasteiger partial charge in [-0.15, -0.1) is 23.5 Å². The monoisotopic (exact) mass is 372 g/mol. The molecule has 0 radical (unpaired) electrons. The van der Waals surface area contributed by atoms with Crippen molar-refractivity contribution in [1.29, 1.82) is 0 Å². The fraction of sp³-hybridized carbons (Fsp3) is 0.263. The number of benzene rings is 2. The topological polar surface area (TPSA) is 58.2 Å². The van der Waals surface area contributed by atoms with E-state index in [1.807, 2.05) is 48.2 Å². The highest BCUT2D eigenvalue weighted by Crippen LogP contribution is 2.35. The minimum atomic E-state index is -0.0919. The van der Waals surface area contributed by atoms with E-state index in [4.69, 9.17) is 0 Å². The Morgan fingerprint density at radius 1 is 1.16 bits per heavy atom. The molecule has 1 unspecified atom stereocenters. The van der Waals surface area contributed by atoms with Gasteiger partial charge in [-0.25, -0.2) is 0 Å². The molecular formula is C19H20N2O2S2. The molecule has 2 aromatic carbocycles. The zero-order valence-electron chi connectivity index (χ0n) is 14.0. The van der Waals surface area contributed by atoms with E-state index in [-0.39, 0.29) is 17.9 Å². The van der Waals surface area contributed by atoms with Crippen molar-refractivity contribution in [3.05, 3.63) is 54.1 Å². The Morgan fingerprint density at radius 3 is 2.68 bits per heavy atom. The molecule has 0 aromatic heterocycles. The smallest absolute Gasteiger partial charge is 0.230 e. The van der Waals surface area contributed by atoms with Gasteiger partial charge >= 0.3 is 0 Å². The molecule has 3 rings (SSSR count). The Labute approximate surface area is 156 Å². The van der Waals surface area contributed by atoms with Crippen molar-refractivity contribution in [2.75, 3.05) is 16.8 Å². The van der Waals surface area contributed by atoms with E-state index < -0.39 is 0 Å². The van der Waals surface area contributed by atoms with Crippen LogP contribution >= 0.6 is 23.5 Å². The summed E-state index contributed by atoms with van der Waals surface area (Å²) in [5.74, 6) is 1.36. The Hall–Kier alpha value is -1.92. The number of carbonyl (C=O) groups is 2. The highest BCUT2D eigenvalue weighted by Gasteiger charge is 2.21. The molecule has 130 valence electrons. The Balaban J connectivity index is 1.53. The summed E-state index contributed by atoms with van der Waals surface area (Å²) in [5, 5.41) is 5.88. The summed E-state index contributed by atoms with van der Waals surface area (Å²) in [5.41, 5.74) is 1.98. The maximum absolute atomic E-state index is 12.3. The summed E-state index contributed by atoms with van der Waals surface area (Å²) in [6.07, 6.45) is 0.962. The molecule has 0 saturated carbocycles. The third-order valence-corrected chi connectivity index (χ3v) is 5.97. The average molecular weight is 373 g/mol. The molecular weight excluding hydrogens is 352 g/mol. The number of thioether (sulfide) groups is 2. The third-order valence-electron chi connectivity index (χ3n) is 3.84. The summed E-state index contributed by atoms with van der Waals surface area (Å²) in [4.78, 5) is 25.6. The van der Waals surface area contributed by atoms with E-state index in [1.165, 1.54) is 29.1 Å². The fourth-order valence-electron chi connectivity index (χ4n) is 2.71. The van der Waals surface area contributed by atoms with Crippen molar-refractivity contribution in [1.82, 2.24) is 5.32 Å². The molecule has 0 saturated heterocycles. The van der Waals surface area contributed by atoms with Gasteiger partial charge in [-0.05, 0) is 42.3 Å². The van der Waals surface area contributed by atoms with E-state index in [0.717, 1.165) is 22.8 Å². The van der Waals surface area contributed by atoms with Crippen LogP contribution in [-0.2, 0) is 9.59 Å². The lowest BCUT2D eigenvalue weighted by atomic mass is 10.0. The standard InChI is InChI=1S/C19H20N2O2S2/c1-13(22)20-14-6-8-15(9-7-14)25-12-19(23)21-17-10-11-24-18-5-3-2-4-16(17)18/h2-9,17H,10-12H2,1H3,(H,20,22)(H,21,23). The zero-order chi connectivity index (χ0) is 17.6. The van der Waals surface area contributed by atoms with Crippen LogP contribution in [-0.4, -0.2) is 23.3 Å². The van der Waals surface area contributed by atoms with Gasteiger partial charge in [0.2, 0.25) is 11.8 Å². The predicted octanol–water partition coefficient (Wildman–Crippen LogP) is 4.09. The molecule has 1 atom stereocenters. The lowest BCUT2D eigenvalue weighted by molar-refractivity contribution is -0.119. The van der Waals surface area contributed by atoms with Crippen molar-refractivity contribution >= 4 is 41.0 Å². The fourth-order valence-corrected chi connectivity index (χ4v) is 4.55. The molecule has 6 heteroatoms. The summed E-state index contributed by atoms with van der Waals surface area (Å²) < 4.78 is 0. The number of fused-ring (bicyclic) bond motifs is 1. The summed E-state index contributed by atoms with van der Waals surface area (Å²) >= 11 is 3.34. The van der Waals surface area contributed by atoms with Gasteiger partial charge in [-0.1, -0.05) is 18.2 Å². The number of anilines is 1. The first-order valence-corrected chi connectivity index (χ1v) is 10.1. The molecule has 1 aliphatic rings. The highest BCUT2D eigenvalue weighted by atomic mass is 32.2. The zero-order valence-corrected chi connectivity index (χ0v) is 15.6. The van der Waals surface area contributed by atoms with E-state index >= 15 is 0 Å². The van der Waals surface area contributed by atoms with Crippen LogP contribution in [0.4, 0.5) is 5.69 Å². The first kappa shape index (κ1) is 17.9. The third kappa shape index (κ3) is 5.03. The van der Waals surface area contributed by atoms with E-state index in [9.17, 15) is 9.59 Å². The second-order valence-corrected chi connectivity index (χ2v) is 7.97. The maximum Gasteiger partial charge on any atom is 0.230 e. The lowest BCUT2D eigenvalue weighted by Crippen LogP contribution is -2.31. The summed E-state index contributed by atoms with van der Waals surface area (Å²) in [6, 6.07) is 15.9. The molecule has 0 aliphatic carbocycles. The van der Waals surface area contributed by atoms with Crippen LogP contribution in [0.25, 0.3) is 0 Å². The minimum absolute atomic E-state index is 0.0441. The molecule has 1 aliphatic heterocycles. The van der Waals surface area contributed by atoms with Gasteiger partial charge in [0.25, 0.3) is 0 Å². The normalized spacial score (nSPS) is 16.0. The molecule has 0 spiro atoms. The SMILES string of the molecule is CC(=O)Nc1ccc(SCC(=O)NC2CCSc3ccccc32)cc1. The number of hydrogen-bond donors (Lipinski definition) is 2. The number of rotatable bonds is 5. The largest absolute Gasteiger partial charge is 0.349 e. The first-order chi connectivity index (χ1) is 12.1. The predicted molar refractivity (Wildman–Crippen MR) is 104 cm³/mol. The second kappa shape index (κ2) is 8.45. The number of hydrogen-bond acceptors (Lipinski definition) is 4. The van der Waals surface area contributed by atoms with Crippen molar-refractivity contribution in [2.45, 2.75) is 29.2 Å². The molecule has 2 N–H and O–H groups in total. The van der Waals surface area contributed by atoms with Crippen molar-refractivity contribution in [3.8, 4) is 0 Å². The van der Waals surface area contributed by atoms with Gasteiger partial charge in [0.15, 0.2) is 0 Å². The lowest BCUT2D eigenvalue weighted by Gasteiger charge is -2.25. The van der Waals surface area contributed by atoms with Crippen LogP contribution in [0.5, 0.6) is 0 Å². The van der Waals surface area contributed by atoms with Crippen LogP contribution in [0.3, 0.4) is 0 Å². The van der Waals surface area contributed by atoms with Gasteiger partial charge in [-0.2, -0.15) is 0 Å². The second-order valence-electron chi connectivity index (χ2n) is 5.79. The van der Waals surface area contributed by atoms with Gasteiger partial charge in [-0.3, -0.25) is 9.59 Å². The molecule has 2 aromatic rings. The number of nitrogens with one attached hydrogen (secondary N) is 2. The van der Waals surface area contributed by atoms with Crippen LogP contribution in [0.2, 0.25) is 0 Å². The minimum Gasteiger partial charge on any atom is -0.349 e. The quantitative estimate of drug-likeness (QED) is 0.776. The number of amides is 2.